The number of amides is 1. The van der Waals surface area contributed by atoms with Crippen LogP contribution in [0.5, 0.6) is 11.5 Å². The minimum Gasteiger partial charge on any atom is -0.489 e. The lowest BCUT2D eigenvalue weighted by Gasteiger charge is -2.36. The number of nitrogens with zero attached hydrogens (tertiary/aromatic N) is 1. The normalized spacial score (nSPS) is 22.0. The molecule has 1 fully saturated rings. The molecule has 2 aliphatic rings. The molecule has 8 nitrogen and oxygen atoms in total. The quantitative estimate of drug-likeness (QED) is 0.560. The van der Waals surface area contributed by atoms with Gasteiger partial charge in [0.05, 0.1) is 24.9 Å². The molecule has 1 aromatic rings. The molecule has 1 saturated heterocycles. The number of nitrogens with one attached hydrogen (secondary N) is 2. The first-order valence-electron chi connectivity index (χ1n) is 10.4. The van der Waals surface area contributed by atoms with Crippen molar-refractivity contribution in [2.75, 3.05) is 65.5 Å². The van der Waals surface area contributed by atoms with E-state index in [4.69, 9.17) is 14.2 Å². The number of carbonyl (C=O) groups excluding carboxylic acids is 1. The van der Waals surface area contributed by atoms with Crippen LogP contribution in [0.25, 0.3) is 0 Å². The number of likely N-dealkylation sites (tertiary alicyclic amines) is 1. The van der Waals surface area contributed by atoms with Crippen molar-refractivity contribution in [3.63, 3.8) is 0 Å². The topological polar surface area (TPSA) is 92.3 Å². The Kier molecular flexibility index (Phi) is 7.97. The van der Waals surface area contributed by atoms with Gasteiger partial charge in [0, 0.05) is 64.5 Å². The van der Waals surface area contributed by atoms with Gasteiger partial charge in [-0.3, -0.25) is 4.79 Å². The SMILES string of the molecule is CNc1cc2c(c(C(=O)NC[C@@H]3CCN(CCCOC)CC3O)c1)OCCCO2. The van der Waals surface area contributed by atoms with E-state index in [2.05, 4.69) is 15.5 Å². The fourth-order valence-electron chi connectivity index (χ4n) is 3.82. The van der Waals surface area contributed by atoms with E-state index < -0.39 is 6.10 Å². The smallest absolute Gasteiger partial charge is 0.255 e. The number of piperidine rings is 1. The summed E-state index contributed by atoms with van der Waals surface area (Å²) in [5.74, 6) is 0.913. The number of anilines is 1. The summed E-state index contributed by atoms with van der Waals surface area (Å²) in [4.78, 5) is 15.2. The van der Waals surface area contributed by atoms with Crippen molar-refractivity contribution >= 4 is 11.6 Å². The highest BCUT2D eigenvalue weighted by atomic mass is 16.5. The lowest BCUT2D eigenvalue weighted by molar-refractivity contribution is 0.0192. The molecule has 3 rings (SSSR count). The molecular formula is C21H33N3O5. The van der Waals surface area contributed by atoms with Gasteiger partial charge in [-0.2, -0.15) is 0 Å². The monoisotopic (exact) mass is 407 g/mol. The van der Waals surface area contributed by atoms with Gasteiger partial charge in [-0.05, 0) is 25.5 Å². The first-order chi connectivity index (χ1) is 14.1. The molecule has 0 bridgehead atoms. The summed E-state index contributed by atoms with van der Waals surface area (Å²) in [5, 5.41) is 16.6. The number of fused-ring (bicyclic) bond motifs is 1. The van der Waals surface area contributed by atoms with Gasteiger partial charge in [-0.1, -0.05) is 0 Å². The number of ether oxygens (including phenoxy) is 3. The molecule has 1 amide bonds. The highest BCUT2D eigenvalue weighted by Crippen LogP contribution is 2.36. The van der Waals surface area contributed by atoms with Crippen molar-refractivity contribution in [3.05, 3.63) is 17.7 Å². The highest BCUT2D eigenvalue weighted by Gasteiger charge is 2.28. The number of aliphatic hydroxyl groups is 1. The number of β-amino-alcohol motifs (C(OH)–C–C–N with tert-alkyl or cyclic N) is 1. The molecule has 29 heavy (non-hydrogen) atoms. The third-order valence-electron chi connectivity index (χ3n) is 5.53. The maximum atomic E-state index is 12.9. The van der Waals surface area contributed by atoms with Crippen LogP contribution in [0.2, 0.25) is 0 Å². The molecule has 0 aromatic heterocycles. The van der Waals surface area contributed by atoms with E-state index in [0.717, 1.165) is 44.6 Å². The number of carbonyl (C=O) groups is 1. The molecule has 1 aromatic carbocycles. The van der Waals surface area contributed by atoms with Gasteiger partial charge in [0.15, 0.2) is 11.5 Å². The fraction of sp³-hybridized carbons (Fsp3) is 0.667. The van der Waals surface area contributed by atoms with Crippen LogP contribution in [-0.2, 0) is 4.74 Å². The standard InChI is InChI=1S/C21H33N3O5/c1-22-16-11-17(20-19(12-16)28-9-4-10-29-20)21(26)23-13-15-5-7-24(14-18(15)25)6-3-8-27-2/h11-12,15,18,22,25H,3-10,13-14H2,1-2H3,(H,23,26)/t15-,18?/m0/s1. The summed E-state index contributed by atoms with van der Waals surface area (Å²) in [6, 6.07) is 3.62. The zero-order valence-electron chi connectivity index (χ0n) is 17.4. The number of methoxy groups -OCH3 is 1. The van der Waals surface area contributed by atoms with Gasteiger partial charge < -0.3 is 34.9 Å². The van der Waals surface area contributed by atoms with E-state index >= 15 is 0 Å². The van der Waals surface area contributed by atoms with Crippen LogP contribution in [0, 0.1) is 5.92 Å². The van der Waals surface area contributed by atoms with Gasteiger partial charge in [0.25, 0.3) is 5.91 Å². The summed E-state index contributed by atoms with van der Waals surface area (Å²) >= 11 is 0. The summed E-state index contributed by atoms with van der Waals surface area (Å²) < 4.78 is 16.6. The lowest BCUT2D eigenvalue weighted by Crippen LogP contribution is -2.48. The second-order valence-electron chi connectivity index (χ2n) is 7.62. The molecule has 2 heterocycles. The lowest BCUT2D eigenvalue weighted by atomic mass is 9.93. The van der Waals surface area contributed by atoms with Gasteiger partial charge in [0.1, 0.15) is 0 Å². The number of aliphatic hydroxyl groups excluding tert-OH is 1. The Morgan fingerprint density at radius 1 is 1.34 bits per heavy atom. The van der Waals surface area contributed by atoms with Crippen molar-refractivity contribution in [3.8, 4) is 11.5 Å². The molecule has 2 atom stereocenters. The number of hydrogen-bond donors (Lipinski definition) is 3. The molecule has 162 valence electrons. The summed E-state index contributed by atoms with van der Waals surface area (Å²) in [5.41, 5.74) is 1.25. The Bertz CT molecular complexity index is 685. The second kappa shape index (κ2) is 10.7. The predicted octanol–water partition coefficient (Wildman–Crippen LogP) is 1.34. The minimum absolute atomic E-state index is 0.0425. The van der Waals surface area contributed by atoms with Crippen LogP contribution < -0.4 is 20.1 Å². The first kappa shape index (κ1) is 21.7. The van der Waals surface area contributed by atoms with Crippen molar-refractivity contribution in [1.82, 2.24) is 10.2 Å². The maximum Gasteiger partial charge on any atom is 0.255 e. The zero-order valence-corrected chi connectivity index (χ0v) is 17.4. The molecule has 0 saturated carbocycles. The summed E-state index contributed by atoms with van der Waals surface area (Å²) in [6.45, 7) is 4.72. The summed E-state index contributed by atoms with van der Waals surface area (Å²) in [7, 11) is 3.50. The van der Waals surface area contributed by atoms with Crippen LogP contribution in [0.15, 0.2) is 12.1 Å². The predicted molar refractivity (Wildman–Crippen MR) is 111 cm³/mol. The van der Waals surface area contributed by atoms with E-state index in [1.54, 1.807) is 20.2 Å². The van der Waals surface area contributed by atoms with E-state index in [0.29, 0.717) is 43.4 Å². The molecule has 3 N–H and O–H groups in total. The number of hydrogen-bond acceptors (Lipinski definition) is 7. The molecular weight excluding hydrogens is 374 g/mol. The molecule has 1 unspecified atom stereocenters. The summed E-state index contributed by atoms with van der Waals surface area (Å²) in [6.07, 6.45) is 2.13. The van der Waals surface area contributed by atoms with Crippen LogP contribution in [0.3, 0.4) is 0 Å². The Hall–Kier alpha value is -2.03. The third-order valence-corrected chi connectivity index (χ3v) is 5.53. The van der Waals surface area contributed by atoms with Crippen molar-refractivity contribution in [1.29, 1.82) is 0 Å². The number of benzene rings is 1. The number of rotatable bonds is 8. The van der Waals surface area contributed by atoms with Gasteiger partial charge in [-0.15, -0.1) is 0 Å². The Morgan fingerprint density at radius 3 is 2.93 bits per heavy atom. The molecule has 0 spiro atoms. The van der Waals surface area contributed by atoms with Crippen LogP contribution >= 0.6 is 0 Å². The Labute approximate surface area is 172 Å². The van der Waals surface area contributed by atoms with Crippen molar-refractivity contribution < 1.29 is 24.1 Å². The van der Waals surface area contributed by atoms with Gasteiger partial charge in [0.2, 0.25) is 0 Å². The van der Waals surface area contributed by atoms with Crippen LogP contribution in [-0.4, -0.2) is 82.2 Å². The third kappa shape index (κ3) is 5.74. The van der Waals surface area contributed by atoms with Crippen molar-refractivity contribution in [2.24, 2.45) is 5.92 Å². The minimum atomic E-state index is -0.452. The van der Waals surface area contributed by atoms with E-state index in [1.165, 1.54) is 0 Å². The molecule has 2 aliphatic heterocycles. The maximum absolute atomic E-state index is 12.9. The van der Waals surface area contributed by atoms with E-state index in [-0.39, 0.29) is 11.8 Å². The molecule has 0 aliphatic carbocycles. The fourth-order valence-corrected chi connectivity index (χ4v) is 3.82. The average molecular weight is 408 g/mol. The Morgan fingerprint density at radius 2 is 2.17 bits per heavy atom. The Balaban J connectivity index is 1.58. The molecule has 8 heteroatoms. The molecule has 0 radical (unpaired) electrons. The van der Waals surface area contributed by atoms with E-state index in [1.807, 2.05) is 6.07 Å². The second-order valence-corrected chi connectivity index (χ2v) is 7.62. The first-order valence-corrected chi connectivity index (χ1v) is 10.4. The zero-order chi connectivity index (χ0) is 20.6. The average Bonchev–Trinajstić information content (AvgIpc) is 2.97. The van der Waals surface area contributed by atoms with E-state index in [9.17, 15) is 9.90 Å². The van der Waals surface area contributed by atoms with Crippen LogP contribution in [0.4, 0.5) is 5.69 Å². The highest BCUT2D eigenvalue weighted by molar-refractivity contribution is 5.99. The van der Waals surface area contributed by atoms with Crippen molar-refractivity contribution in [2.45, 2.75) is 25.4 Å². The van der Waals surface area contributed by atoms with Crippen LogP contribution in [0.1, 0.15) is 29.6 Å². The van der Waals surface area contributed by atoms with Gasteiger partial charge >= 0.3 is 0 Å². The largest absolute Gasteiger partial charge is 0.489 e. The van der Waals surface area contributed by atoms with Gasteiger partial charge in [-0.25, -0.2) is 0 Å².